The average Bonchev–Trinajstić information content (AvgIpc) is 2.85. The number of hydrogen-bond acceptors (Lipinski definition) is 4. The smallest absolute Gasteiger partial charge is 0.550 e. The molecule has 0 aromatic heterocycles. The van der Waals surface area contributed by atoms with Gasteiger partial charge in [0.2, 0.25) is 0 Å². The quantitative estimate of drug-likeness (QED) is 0.453. The number of rotatable bonds is 2. The Bertz CT molecular complexity index is 182. The fourth-order valence-electron chi connectivity index (χ4n) is 0.638. The summed E-state index contributed by atoms with van der Waals surface area (Å²) in [5.74, 6) is -1.94. The summed E-state index contributed by atoms with van der Waals surface area (Å²) in [7, 11) is 0. The van der Waals surface area contributed by atoms with Crippen LogP contribution in [0.3, 0.4) is 0 Å². The van der Waals surface area contributed by atoms with Crippen LogP contribution in [0.15, 0.2) is 0 Å². The van der Waals surface area contributed by atoms with Gasteiger partial charge in [-0.05, 0) is 37.5 Å². The molecule has 0 aromatic rings. The summed E-state index contributed by atoms with van der Waals surface area (Å²) >= 11 is 0. The Labute approximate surface area is 143 Å². The van der Waals surface area contributed by atoms with Crippen molar-refractivity contribution in [3.63, 3.8) is 0 Å². The SMILES string of the molecule is O.O.O.O=C([O-])C1CC1.O=C([O-])C1CC1.[Na+].[Na+]. The van der Waals surface area contributed by atoms with Gasteiger partial charge in [-0.3, -0.25) is 0 Å². The van der Waals surface area contributed by atoms with Crippen molar-refractivity contribution in [2.24, 2.45) is 11.8 Å². The first kappa shape index (κ1) is 30.7. The Hall–Kier alpha value is 0.820. The predicted octanol–water partition coefficient (Wildman–Crippen LogP) is -10.2. The summed E-state index contributed by atoms with van der Waals surface area (Å²) in [5.41, 5.74) is 0. The van der Waals surface area contributed by atoms with E-state index in [9.17, 15) is 19.8 Å². The van der Waals surface area contributed by atoms with Crippen LogP contribution in [0.2, 0.25) is 0 Å². The molecule has 2 aliphatic carbocycles. The molecule has 6 N–H and O–H groups in total. The van der Waals surface area contributed by atoms with E-state index in [-0.39, 0.29) is 87.4 Å². The van der Waals surface area contributed by atoms with Crippen molar-refractivity contribution in [1.82, 2.24) is 0 Å². The van der Waals surface area contributed by atoms with Gasteiger partial charge in [0.05, 0.1) is 0 Å². The van der Waals surface area contributed by atoms with Gasteiger partial charge in [-0.2, -0.15) is 0 Å². The zero-order valence-corrected chi connectivity index (χ0v) is 14.1. The zero-order chi connectivity index (χ0) is 9.14. The molecule has 0 spiro atoms. The van der Waals surface area contributed by atoms with Gasteiger partial charge >= 0.3 is 59.1 Å². The molecule has 0 saturated heterocycles. The summed E-state index contributed by atoms with van der Waals surface area (Å²) in [4.78, 5) is 19.3. The van der Waals surface area contributed by atoms with E-state index in [2.05, 4.69) is 0 Å². The molecule has 0 heterocycles. The summed E-state index contributed by atoms with van der Waals surface area (Å²) in [5, 5.41) is 19.3. The van der Waals surface area contributed by atoms with Crippen LogP contribution in [-0.2, 0) is 9.59 Å². The van der Waals surface area contributed by atoms with Gasteiger partial charge in [-0.15, -0.1) is 0 Å². The maximum absolute atomic E-state index is 9.65. The van der Waals surface area contributed by atoms with E-state index in [1.807, 2.05) is 0 Å². The second-order valence-electron chi connectivity index (χ2n) is 3.19. The fraction of sp³-hybridized carbons (Fsp3) is 0.750. The van der Waals surface area contributed by atoms with Crippen molar-refractivity contribution in [1.29, 1.82) is 0 Å². The summed E-state index contributed by atoms with van der Waals surface area (Å²) < 4.78 is 0. The number of hydrogen-bond donors (Lipinski definition) is 0. The molecule has 7 nitrogen and oxygen atoms in total. The van der Waals surface area contributed by atoms with E-state index in [4.69, 9.17) is 0 Å². The summed E-state index contributed by atoms with van der Waals surface area (Å²) in [6.45, 7) is 0. The molecule has 2 aliphatic rings. The van der Waals surface area contributed by atoms with E-state index in [0.29, 0.717) is 0 Å². The molecular formula is C8H16Na2O7. The normalized spacial score (nSPS) is 14.6. The molecule has 2 rings (SSSR count). The number of carboxylic acid groups (broad SMARTS) is 2. The van der Waals surface area contributed by atoms with Crippen LogP contribution in [0, 0.1) is 11.8 Å². The third kappa shape index (κ3) is 16.8. The molecule has 0 unspecified atom stereocenters. The van der Waals surface area contributed by atoms with Crippen LogP contribution >= 0.6 is 0 Å². The van der Waals surface area contributed by atoms with Crippen LogP contribution in [0.5, 0.6) is 0 Å². The Morgan fingerprint density at radius 3 is 0.882 bits per heavy atom. The number of carbonyl (C=O) groups is 2. The fourth-order valence-corrected chi connectivity index (χ4v) is 0.638. The average molecular weight is 270 g/mol. The van der Waals surface area contributed by atoms with Gasteiger partial charge in [0.1, 0.15) is 0 Å². The van der Waals surface area contributed by atoms with Crippen LogP contribution in [-0.4, -0.2) is 28.4 Å². The first-order valence-corrected chi connectivity index (χ1v) is 4.03. The van der Waals surface area contributed by atoms with Crippen molar-refractivity contribution < 1.29 is 95.3 Å². The Balaban J connectivity index is -0.0000000436. The first-order valence-electron chi connectivity index (χ1n) is 4.03. The molecule has 17 heavy (non-hydrogen) atoms. The van der Waals surface area contributed by atoms with Crippen molar-refractivity contribution in [2.45, 2.75) is 25.7 Å². The van der Waals surface area contributed by atoms with Gasteiger partial charge in [-0.25, -0.2) is 0 Å². The van der Waals surface area contributed by atoms with Crippen molar-refractivity contribution in [3.8, 4) is 0 Å². The molecular weight excluding hydrogens is 254 g/mol. The Kier molecular flexibility index (Phi) is 26.8. The maximum Gasteiger partial charge on any atom is 1.00 e. The third-order valence-corrected chi connectivity index (χ3v) is 1.82. The first-order chi connectivity index (χ1) is 5.61. The molecule has 0 aliphatic heterocycles. The molecule has 0 amide bonds. The molecule has 0 atom stereocenters. The van der Waals surface area contributed by atoms with Crippen molar-refractivity contribution in [2.75, 3.05) is 0 Å². The van der Waals surface area contributed by atoms with Crippen molar-refractivity contribution >= 4 is 11.9 Å². The number of aliphatic carboxylic acids is 2. The Morgan fingerprint density at radius 1 is 0.706 bits per heavy atom. The summed E-state index contributed by atoms with van der Waals surface area (Å²) in [6.07, 6.45) is 3.34. The third-order valence-electron chi connectivity index (χ3n) is 1.82. The van der Waals surface area contributed by atoms with Gasteiger partial charge in [-0.1, -0.05) is 0 Å². The molecule has 2 fully saturated rings. The van der Waals surface area contributed by atoms with Crippen LogP contribution in [0.4, 0.5) is 0 Å². The number of carboxylic acids is 2. The van der Waals surface area contributed by atoms with Crippen molar-refractivity contribution in [3.05, 3.63) is 0 Å². The van der Waals surface area contributed by atoms with E-state index in [1.54, 1.807) is 0 Å². The van der Waals surface area contributed by atoms with E-state index < -0.39 is 11.9 Å². The Morgan fingerprint density at radius 2 is 0.882 bits per heavy atom. The molecule has 0 radical (unpaired) electrons. The van der Waals surface area contributed by atoms with Crippen LogP contribution in [0.1, 0.15) is 25.7 Å². The number of carbonyl (C=O) groups excluding carboxylic acids is 2. The van der Waals surface area contributed by atoms with Crippen LogP contribution in [0.25, 0.3) is 0 Å². The minimum Gasteiger partial charge on any atom is -0.550 e. The van der Waals surface area contributed by atoms with E-state index >= 15 is 0 Å². The van der Waals surface area contributed by atoms with E-state index in [0.717, 1.165) is 25.7 Å². The minimum atomic E-state index is -0.880. The molecule has 0 aromatic carbocycles. The second-order valence-corrected chi connectivity index (χ2v) is 3.19. The van der Waals surface area contributed by atoms with Gasteiger partial charge in [0.15, 0.2) is 0 Å². The maximum atomic E-state index is 9.65. The standard InChI is InChI=1S/2C4H6O2.2Na.3H2O/c2*5-4(6)3-1-2-3;;;;;/h2*3H,1-2H2,(H,5,6);;;3*1H2/q;;2*+1;;;/p-2. The topological polar surface area (TPSA) is 175 Å². The second kappa shape index (κ2) is 14.9. The van der Waals surface area contributed by atoms with Gasteiger partial charge in [0, 0.05) is 11.9 Å². The molecule has 2 saturated carbocycles. The van der Waals surface area contributed by atoms with E-state index in [1.165, 1.54) is 0 Å². The largest absolute Gasteiger partial charge is 1.00 e. The monoisotopic (exact) mass is 270 g/mol. The predicted molar refractivity (Wildman–Crippen MR) is 46.3 cm³/mol. The molecule has 0 bridgehead atoms. The minimum absolute atomic E-state index is 0. The van der Waals surface area contributed by atoms with Crippen LogP contribution < -0.4 is 69.3 Å². The summed E-state index contributed by atoms with van der Waals surface area (Å²) in [6, 6.07) is 0. The molecule has 92 valence electrons. The van der Waals surface area contributed by atoms with Gasteiger partial charge < -0.3 is 36.2 Å². The van der Waals surface area contributed by atoms with Gasteiger partial charge in [0.25, 0.3) is 0 Å². The molecule has 9 heteroatoms. The zero-order valence-electron chi connectivity index (χ0n) is 10.1.